The number of nitrogens with zero attached hydrogens (tertiary/aromatic N) is 2. The van der Waals surface area contributed by atoms with E-state index in [0.29, 0.717) is 12.0 Å². The molecule has 3 rings (SSSR count). The molecule has 1 aliphatic heterocycles. The van der Waals surface area contributed by atoms with Crippen LogP contribution in [0.3, 0.4) is 0 Å². The maximum absolute atomic E-state index is 11.8. The maximum Gasteiger partial charge on any atom is 0.223 e. The molecule has 102 valence electrons. The molecular formula is C15H21N3O. The molecule has 0 bridgehead atoms. The Morgan fingerprint density at radius 2 is 2.32 bits per heavy atom. The van der Waals surface area contributed by atoms with Gasteiger partial charge in [0.25, 0.3) is 0 Å². The highest BCUT2D eigenvalue weighted by Gasteiger charge is 2.31. The second kappa shape index (κ2) is 5.70. The average Bonchev–Trinajstić information content (AvgIpc) is 3.24. The molecule has 2 heterocycles. The number of hydrogen-bond acceptors (Lipinski definition) is 3. The fraction of sp³-hybridized carbons (Fsp3) is 0.600. The van der Waals surface area contributed by atoms with E-state index in [9.17, 15) is 4.79 Å². The van der Waals surface area contributed by atoms with E-state index in [1.54, 1.807) is 6.20 Å². The van der Waals surface area contributed by atoms with Crippen molar-refractivity contribution in [2.24, 2.45) is 5.92 Å². The van der Waals surface area contributed by atoms with Crippen LogP contribution in [0.5, 0.6) is 0 Å². The van der Waals surface area contributed by atoms with Crippen LogP contribution in [0.15, 0.2) is 24.5 Å². The lowest BCUT2D eigenvalue weighted by Crippen LogP contribution is -2.47. The van der Waals surface area contributed by atoms with Crippen molar-refractivity contribution in [3.63, 3.8) is 0 Å². The number of carbonyl (C=O) groups excluding carboxylic acids is 1. The van der Waals surface area contributed by atoms with Crippen LogP contribution in [0, 0.1) is 5.92 Å². The first-order valence-electron chi connectivity index (χ1n) is 7.23. The van der Waals surface area contributed by atoms with Gasteiger partial charge in [-0.1, -0.05) is 6.07 Å². The van der Waals surface area contributed by atoms with Gasteiger partial charge >= 0.3 is 0 Å². The number of pyridine rings is 1. The number of aromatic nitrogens is 1. The highest BCUT2D eigenvalue weighted by Crippen LogP contribution is 2.29. The quantitative estimate of drug-likeness (QED) is 0.892. The van der Waals surface area contributed by atoms with E-state index in [4.69, 9.17) is 0 Å². The summed E-state index contributed by atoms with van der Waals surface area (Å²) in [6.07, 6.45) is 8.17. The number of nitrogens with one attached hydrogen (secondary N) is 1. The molecule has 2 aliphatic rings. The highest BCUT2D eigenvalue weighted by molar-refractivity contribution is 5.81. The standard InChI is InChI=1S/C15H21N3O/c19-15(13-5-6-13)17-14-4-2-8-18(11-14)10-12-3-1-7-16-9-12/h1,3,7,9,13-14H,2,4-6,8,10-11H2,(H,17,19). The second-order valence-electron chi connectivity index (χ2n) is 5.72. The highest BCUT2D eigenvalue weighted by atomic mass is 16.2. The van der Waals surface area contributed by atoms with Crippen LogP contribution in [0.2, 0.25) is 0 Å². The molecule has 2 fully saturated rings. The van der Waals surface area contributed by atoms with E-state index in [-0.39, 0.29) is 5.91 Å². The molecule has 1 amide bonds. The molecule has 19 heavy (non-hydrogen) atoms. The van der Waals surface area contributed by atoms with Crippen molar-refractivity contribution in [1.82, 2.24) is 15.2 Å². The molecule has 4 heteroatoms. The first-order chi connectivity index (χ1) is 9.31. The summed E-state index contributed by atoms with van der Waals surface area (Å²) in [5.74, 6) is 0.585. The van der Waals surface area contributed by atoms with Gasteiger partial charge in [0.1, 0.15) is 0 Å². The minimum atomic E-state index is 0.272. The van der Waals surface area contributed by atoms with E-state index < -0.39 is 0 Å². The van der Waals surface area contributed by atoms with Crippen molar-refractivity contribution in [1.29, 1.82) is 0 Å². The zero-order chi connectivity index (χ0) is 13.1. The molecular weight excluding hydrogens is 238 g/mol. The largest absolute Gasteiger partial charge is 0.352 e. The third-order valence-corrected chi connectivity index (χ3v) is 3.93. The van der Waals surface area contributed by atoms with Crippen LogP contribution in [-0.2, 0) is 11.3 Å². The predicted molar refractivity (Wildman–Crippen MR) is 73.4 cm³/mol. The molecule has 1 unspecified atom stereocenters. The fourth-order valence-electron chi connectivity index (χ4n) is 2.73. The van der Waals surface area contributed by atoms with Gasteiger partial charge < -0.3 is 5.32 Å². The predicted octanol–water partition coefficient (Wildman–Crippen LogP) is 1.57. The van der Waals surface area contributed by atoms with Gasteiger partial charge in [0.15, 0.2) is 0 Å². The molecule has 4 nitrogen and oxygen atoms in total. The van der Waals surface area contributed by atoms with Gasteiger partial charge in [0.2, 0.25) is 5.91 Å². The third-order valence-electron chi connectivity index (χ3n) is 3.93. The van der Waals surface area contributed by atoms with Crippen LogP contribution < -0.4 is 5.32 Å². The van der Waals surface area contributed by atoms with Crippen LogP contribution in [-0.4, -0.2) is 34.9 Å². The van der Waals surface area contributed by atoms with E-state index in [1.807, 2.05) is 12.3 Å². The number of carbonyl (C=O) groups is 1. The minimum Gasteiger partial charge on any atom is -0.352 e. The minimum absolute atomic E-state index is 0.272. The summed E-state index contributed by atoms with van der Waals surface area (Å²) in [6.45, 7) is 3.02. The van der Waals surface area contributed by atoms with E-state index >= 15 is 0 Å². The van der Waals surface area contributed by atoms with Crippen molar-refractivity contribution in [2.45, 2.75) is 38.3 Å². The fourth-order valence-corrected chi connectivity index (χ4v) is 2.73. The maximum atomic E-state index is 11.8. The van der Waals surface area contributed by atoms with Gasteiger partial charge in [0, 0.05) is 37.4 Å². The van der Waals surface area contributed by atoms with Gasteiger partial charge in [-0.2, -0.15) is 0 Å². The number of likely N-dealkylation sites (tertiary alicyclic amines) is 1. The third kappa shape index (κ3) is 3.53. The normalized spacial score (nSPS) is 24.1. The molecule has 1 aliphatic carbocycles. The van der Waals surface area contributed by atoms with Crippen molar-refractivity contribution >= 4 is 5.91 Å². The number of hydrogen-bond donors (Lipinski definition) is 1. The van der Waals surface area contributed by atoms with Gasteiger partial charge in [-0.15, -0.1) is 0 Å². The Morgan fingerprint density at radius 3 is 3.05 bits per heavy atom. The Morgan fingerprint density at radius 1 is 1.42 bits per heavy atom. The summed E-state index contributed by atoms with van der Waals surface area (Å²) < 4.78 is 0. The van der Waals surface area contributed by atoms with Gasteiger partial charge in [-0.3, -0.25) is 14.7 Å². The molecule has 1 saturated carbocycles. The number of amides is 1. The van der Waals surface area contributed by atoms with Crippen molar-refractivity contribution in [3.8, 4) is 0 Å². The van der Waals surface area contributed by atoms with Gasteiger partial charge in [-0.05, 0) is 43.9 Å². The Labute approximate surface area is 114 Å². The van der Waals surface area contributed by atoms with Crippen LogP contribution in [0.1, 0.15) is 31.2 Å². The summed E-state index contributed by atoms with van der Waals surface area (Å²) in [6, 6.07) is 4.42. The summed E-state index contributed by atoms with van der Waals surface area (Å²) in [5.41, 5.74) is 1.25. The molecule has 1 aromatic heterocycles. The Kier molecular flexibility index (Phi) is 3.78. The molecule has 1 atom stereocenters. The Bertz CT molecular complexity index is 430. The van der Waals surface area contributed by atoms with Crippen LogP contribution in [0.25, 0.3) is 0 Å². The Balaban J connectivity index is 1.51. The van der Waals surface area contributed by atoms with Gasteiger partial charge in [-0.25, -0.2) is 0 Å². The van der Waals surface area contributed by atoms with Crippen molar-refractivity contribution < 1.29 is 4.79 Å². The summed E-state index contributed by atoms with van der Waals surface area (Å²) in [4.78, 5) is 18.4. The Hall–Kier alpha value is -1.42. The molecule has 0 aromatic carbocycles. The second-order valence-corrected chi connectivity index (χ2v) is 5.72. The average molecular weight is 259 g/mol. The topological polar surface area (TPSA) is 45.2 Å². The summed E-state index contributed by atoms with van der Waals surface area (Å²) in [5, 5.41) is 3.20. The van der Waals surface area contributed by atoms with Gasteiger partial charge in [0.05, 0.1) is 0 Å². The zero-order valence-corrected chi connectivity index (χ0v) is 11.2. The van der Waals surface area contributed by atoms with Crippen molar-refractivity contribution in [2.75, 3.05) is 13.1 Å². The molecule has 0 spiro atoms. The van der Waals surface area contributed by atoms with E-state index in [1.165, 1.54) is 5.56 Å². The zero-order valence-electron chi connectivity index (χ0n) is 11.2. The van der Waals surface area contributed by atoms with E-state index in [2.05, 4.69) is 21.3 Å². The van der Waals surface area contributed by atoms with E-state index in [0.717, 1.165) is 45.3 Å². The van der Waals surface area contributed by atoms with Crippen LogP contribution in [0.4, 0.5) is 0 Å². The number of rotatable bonds is 4. The van der Waals surface area contributed by atoms with Crippen molar-refractivity contribution in [3.05, 3.63) is 30.1 Å². The lowest BCUT2D eigenvalue weighted by molar-refractivity contribution is -0.123. The smallest absolute Gasteiger partial charge is 0.223 e. The molecule has 1 saturated heterocycles. The first-order valence-corrected chi connectivity index (χ1v) is 7.23. The lowest BCUT2D eigenvalue weighted by Gasteiger charge is -2.33. The lowest BCUT2D eigenvalue weighted by atomic mass is 10.0. The number of piperidine rings is 1. The molecule has 1 N–H and O–H groups in total. The first kappa shape index (κ1) is 12.6. The SMILES string of the molecule is O=C(NC1CCCN(Cc2cccnc2)C1)C1CC1. The summed E-state index contributed by atoms with van der Waals surface area (Å²) in [7, 11) is 0. The molecule has 1 aromatic rings. The molecule has 0 radical (unpaired) electrons. The summed E-state index contributed by atoms with van der Waals surface area (Å²) >= 11 is 0. The monoisotopic (exact) mass is 259 g/mol. The van der Waals surface area contributed by atoms with Crippen LogP contribution >= 0.6 is 0 Å².